The van der Waals surface area contributed by atoms with Gasteiger partial charge in [-0.2, -0.15) is 0 Å². The molecule has 3 nitrogen and oxygen atoms in total. The number of benzene rings is 11. The lowest BCUT2D eigenvalue weighted by molar-refractivity contribution is 0.623. The van der Waals surface area contributed by atoms with Crippen LogP contribution in [0, 0.1) is 0 Å². The van der Waals surface area contributed by atoms with E-state index in [2.05, 4.69) is 229 Å². The van der Waals surface area contributed by atoms with Gasteiger partial charge in [-0.05, 0) is 107 Å². The summed E-state index contributed by atoms with van der Waals surface area (Å²) in [6, 6.07) is 92.8. The van der Waals surface area contributed by atoms with Crippen molar-refractivity contribution in [2.24, 2.45) is 0 Å². The van der Waals surface area contributed by atoms with Crippen molar-refractivity contribution in [3.8, 4) is 22.6 Å². The minimum absolute atomic E-state index is 0.618. The molecule has 0 spiro atoms. The first kappa shape index (κ1) is 38.4. The van der Waals surface area contributed by atoms with Gasteiger partial charge in [0.05, 0.1) is 0 Å². The van der Waals surface area contributed by atoms with E-state index in [1.807, 2.05) is 30.3 Å². The molecule has 0 aliphatic heterocycles. The molecule has 4 heteroatoms. The lowest BCUT2D eigenvalue weighted by Crippen LogP contribution is -2.75. The number of fused-ring (bicyclic) bond motifs is 6. The van der Waals surface area contributed by atoms with Gasteiger partial charge in [0, 0.05) is 28.0 Å². The van der Waals surface area contributed by atoms with Crippen LogP contribution in [0.5, 0.6) is 0 Å². The van der Waals surface area contributed by atoms with E-state index in [0.717, 1.165) is 55.3 Å². The van der Waals surface area contributed by atoms with E-state index in [0.29, 0.717) is 5.89 Å². The van der Waals surface area contributed by atoms with Gasteiger partial charge in [-0.15, -0.1) is 0 Å². The SMILES string of the molecule is c1ccc(-c2ccc(N(c3ccc4ccc5ccc6nc(-c7ccccc7)oc6c5c4c3)c3ccccc3[Si](c3ccccc3)(c3ccccc3)c3ccc4ccccc4c3)cc2)cc1. The highest BCUT2D eigenvalue weighted by atomic mass is 28.3. The Balaban J connectivity index is 1.15. The first-order chi connectivity index (χ1) is 32.2. The van der Waals surface area contributed by atoms with Crippen LogP contribution >= 0.6 is 0 Å². The van der Waals surface area contributed by atoms with Crippen LogP contribution in [0.3, 0.4) is 0 Å². The topological polar surface area (TPSA) is 29.3 Å². The second kappa shape index (κ2) is 16.1. The molecule has 0 saturated heterocycles. The fraction of sp³-hybridized carbons (Fsp3) is 0. The normalized spacial score (nSPS) is 11.7. The predicted molar refractivity (Wildman–Crippen MR) is 276 cm³/mol. The Hall–Kier alpha value is -8.31. The van der Waals surface area contributed by atoms with Gasteiger partial charge in [0.2, 0.25) is 5.89 Å². The highest BCUT2D eigenvalue weighted by Gasteiger charge is 2.44. The van der Waals surface area contributed by atoms with Crippen LogP contribution in [0.2, 0.25) is 0 Å². The first-order valence-electron chi connectivity index (χ1n) is 22.2. The zero-order valence-corrected chi connectivity index (χ0v) is 36.6. The van der Waals surface area contributed by atoms with Crippen LogP contribution < -0.4 is 25.6 Å². The van der Waals surface area contributed by atoms with Crippen molar-refractivity contribution in [2.45, 2.75) is 0 Å². The van der Waals surface area contributed by atoms with Gasteiger partial charge >= 0.3 is 0 Å². The zero-order chi connectivity index (χ0) is 43.2. The van der Waals surface area contributed by atoms with Gasteiger partial charge in [-0.25, -0.2) is 4.98 Å². The minimum Gasteiger partial charge on any atom is -0.435 e. The maximum Gasteiger partial charge on any atom is 0.227 e. The van der Waals surface area contributed by atoms with Gasteiger partial charge in [-0.3, -0.25) is 0 Å². The van der Waals surface area contributed by atoms with Crippen molar-refractivity contribution < 1.29 is 4.42 Å². The number of nitrogens with zero attached hydrogens (tertiary/aromatic N) is 2. The van der Waals surface area contributed by atoms with Crippen molar-refractivity contribution in [3.63, 3.8) is 0 Å². The third kappa shape index (κ3) is 6.62. The van der Waals surface area contributed by atoms with Crippen molar-refractivity contribution in [1.29, 1.82) is 0 Å². The maximum atomic E-state index is 6.72. The summed E-state index contributed by atoms with van der Waals surface area (Å²) in [5.41, 5.74) is 8.18. The molecule has 65 heavy (non-hydrogen) atoms. The Morgan fingerprint density at radius 1 is 0.369 bits per heavy atom. The number of hydrogen-bond donors (Lipinski definition) is 0. The molecule has 0 unspecified atom stereocenters. The number of aromatic nitrogens is 1. The van der Waals surface area contributed by atoms with Crippen LogP contribution in [0.25, 0.3) is 66.0 Å². The highest BCUT2D eigenvalue weighted by molar-refractivity contribution is 7.20. The molecule has 0 amide bonds. The summed E-state index contributed by atoms with van der Waals surface area (Å²) >= 11 is 0. The van der Waals surface area contributed by atoms with Crippen molar-refractivity contribution in [1.82, 2.24) is 4.98 Å². The van der Waals surface area contributed by atoms with Crippen LogP contribution in [-0.4, -0.2) is 13.1 Å². The molecule has 0 saturated carbocycles. The van der Waals surface area contributed by atoms with Gasteiger partial charge in [-0.1, -0.05) is 206 Å². The highest BCUT2D eigenvalue weighted by Crippen LogP contribution is 2.41. The van der Waals surface area contributed by atoms with E-state index in [4.69, 9.17) is 9.40 Å². The maximum absolute atomic E-state index is 6.72. The molecule has 0 atom stereocenters. The molecular weight excluding hydrogens is 805 g/mol. The van der Waals surface area contributed by atoms with E-state index < -0.39 is 8.07 Å². The summed E-state index contributed by atoms with van der Waals surface area (Å²) in [5.74, 6) is 0.618. The monoisotopic (exact) mass is 846 g/mol. The number of oxazole rings is 1. The summed E-state index contributed by atoms with van der Waals surface area (Å²) in [6.07, 6.45) is 0. The number of anilines is 3. The molecule has 306 valence electrons. The second-order valence-corrected chi connectivity index (χ2v) is 20.4. The Kier molecular flexibility index (Phi) is 9.51. The largest absolute Gasteiger partial charge is 0.435 e. The minimum atomic E-state index is -3.08. The molecule has 11 aromatic carbocycles. The molecule has 0 radical (unpaired) electrons. The Morgan fingerprint density at radius 3 is 1.63 bits per heavy atom. The molecule has 0 N–H and O–H groups in total. The molecule has 1 heterocycles. The molecule has 0 aliphatic carbocycles. The predicted octanol–water partition coefficient (Wildman–Crippen LogP) is 13.5. The van der Waals surface area contributed by atoms with Gasteiger partial charge in [0.15, 0.2) is 13.7 Å². The van der Waals surface area contributed by atoms with Crippen molar-refractivity contribution >= 4 is 89.3 Å². The number of hydrogen-bond acceptors (Lipinski definition) is 3. The summed E-state index contributed by atoms with van der Waals surface area (Å²) in [7, 11) is -3.08. The van der Waals surface area contributed by atoms with Crippen molar-refractivity contribution in [3.05, 3.63) is 255 Å². The van der Waals surface area contributed by atoms with Gasteiger partial charge < -0.3 is 9.32 Å². The summed E-state index contributed by atoms with van der Waals surface area (Å²) in [4.78, 5) is 7.48. The van der Waals surface area contributed by atoms with Crippen LogP contribution in [0.1, 0.15) is 0 Å². The summed E-state index contributed by atoms with van der Waals surface area (Å²) in [5, 5.41) is 12.1. The summed E-state index contributed by atoms with van der Waals surface area (Å²) < 4.78 is 6.72. The lowest BCUT2D eigenvalue weighted by atomic mass is 10.00. The standard InChI is InChI=1S/C61H42N2OSi/c1-5-17-43(18-6-1)45-31-36-50(37-32-45)63(51-38-33-46-29-30-47-35-40-56-60(59(47)55(46)42-51)64-61(62-56)48-20-7-2-8-21-48)57-27-15-16-28-58(57)65(52-23-9-3-10-24-52,53-25-11-4-12-26-53)54-39-34-44-19-13-14-22-49(44)41-54/h1-42H. The summed E-state index contributed by atoms with van der Waals surface area (Å²) in [6.45, 7) is 0. The third-order valence-electron chi connectivity index (χ3n) is 13.0. The van der Waals surface area contributed by atoms with Gasteiger partial charge in [0.25, 0.3) is 0 Å². The van der Waals surface area contributed by atoms with E-state index in [1.54, 1.807) is 0 Å². The second-order valence-electron chi connectivity index (χ2n) is 16.7. The fourth-order valence-corrected chi connectivity index (χ4v) is 14.9. The molecule has 0 aliphatic rings. The Morgan fingerprint density at radius 2 is 0.908 bits per heavy atom. The Labute approximate surface area is 379 Å². The fourth-order valence-electron chi connectivity index (χ4n) is 9.96. The van der Waals surface area contributed by atoms with Crippen LogP contribution in [0.4, 0.5) is 17.1 Å². The average molecular weight is 847 g/mol. The Bertz CT molecular complexity index is 3610. The van der Waals surface area contributed by atoms with E-state index >= 15 is 0 Å². The molecule has 0 fully saturated rings. The molecule has 12 rings (SSSR count). The van der Waals surface area contributed by atoms with E-state index in [-0.39, 0.29) is 0 Å². The van der Waals surface area contributed by atoms with Crippen LogP contribution in [-0.2, 0) is 0 Å². The quantitative estimate of drug-likeness (QED) is 0.0823. The van der Waals surface area contributed by atoms with Crippen LogP contribution in [0.15, 0.2) is 259 Å². The molecular formula is C61H42N2OSi. The number of rotatable bonds is 9. The van der Waals surface area contributed by atoms with E-state index in [9.17, 15) is 0 Å². The average Bonchev–Trinajstić information content (AvgIpc) is 3.83. The zero-order valence-electron chi connectivity index (χ0n) is 35.6. The van der Waals surface area contributed by atoms with E-state index in [1.165, 1.54) is 42.6 Å². The molecule has 12 aromatic rings. The smallest absolute Gasteiger partial charge is 0.227 e. The van der Waals surface area contributed by atoms with Gasteiger partial charge in [0.1, 0.15) is 5.52 Å². The van der Waals surface area contributed by atoms with Crippen molar-refractivity contribution in [2.75, 3.05) is 4.90 Å². The molecule has 0 bridgehead atoms. The molecule has 1 aromatic heterocycles. The lowest BCUT2D eigenvalue weighted by Gasteiger charge is -2.38. The number of para-hydroxylation sites is 1. The first-order valence-corrected chi connectivity index (χ1v) is 24.2. The third-order valence-corrected chi connectivity index (χ3v) is 17.8.